The van der Waals surface area contributed by atoms with Crippen molar-refractivity contribution >= 4 is 11.4 Å². The van der Waals surface area contributed by atoms with Gasteiger partial charge < -0.3 is 21.7 Å². The number of aromatic hydroxyl groups is 2. The molecule has 4 heteroatoms. The lowest BCUT2D eigenvalue weighted by atomic mass is 10.0. The van der Waals surface area contributed by atoms with Gasteiger partial charge in [0.05, 0.1) is 0 Å². The van der Waals surface area contributed by atoms with Crippen molar-refractivity contribution in [3.05, 3.63) is 36.4 Å². The molecule has 0 saturated carbocycles. The summed E-state index contributed by atoms with van der Waals surface area (Å²) in [6, 6.07) is 9.26. The van der Waals surface area contributed by atoms with Crippen LogP contribution in [0, 0.1) is 0 Å². The maximum absolute atomic E-state index is 9.70. The first kappa shape index (κ1) is 10.2. The lowest BCUT2D eigenvalue weighted by Crippen LogP contribution is -1.93. The highest BCUT2D eigenvalue weighted by Crippen LogP contribution is 2.36. The molecule has 0 aromatic heterocycles. The summed E-state index contributed by atoms with van der Waals surface area (Å²) < 4.78 is 0. The molecule has 0 radical (unpaired) electrons. The second-order valence-electron chi connectivity index (χ2n) is 3.55. The average molecular weight is 216 g/mol. The van der Waals surface area contributed by atoms with Crippen LogP contribution in [-0.4, -0.2) is 10.2 Å². The van der Waals surface area contributed by atoms with Gasteiger partial charge >= 0.3 is 0 Å². The molecule has 82 valence electrons. The van der Waals surface area contributed by atoms with Gasteiger partial charge in [-0.1, -0.05) is 0 Å². The molecule has 4 nitrogen and oxygen atoms in total. The number of phenols is 2. The molecule has 0 spiro atoms. The molecular formula is C12H12N2O2. The Balaban J connectivity index is 2.66. The Bertz CT molecular complexity index is 489. The predicted molar refractivity (Wildman–Crippen MR) is 64.0 cm³/mol. The van der Waals surface area contributed by atoms with Crippen molar-refractivity contribution in [2.45, 2.75) is 0 Å². The van der Waals surface area contributed by atoms with E-state index in [0.717, 1.165) is 0 Å². The molecule has 0 fully saturated rings. The minimum absolute atomic E-state index is 0.0510. The largest absolute Gasteiger partial charge is 0.508 e. The summed E-state index contributed by atoms with van der Waals surface area (Å²) in [5, 5.41) is 19.1. The zero-order valence-corrected chi connectivity index (χ0v) is 8.51. The number of anilines is 2. The summed E-state index contributed by atoms with van der Waals surface area (Å²) in [7, 11) is 0. The van der Waals surface area contributed by atoms with Crippen molar-refractivity contribution in [2.75, 3.05) is 11.5 Å². The molecular weight excluding hydrogens is 204 g/mol. The van der Waals surface area contributed by atoms with Gasteiger partial charge in [0.25, 0.3) is 0 Å². The first-order valence-electron chi connectivity index (χ1n) is 4.75. The van der Waals surface area contributed by atoms with E-state index in [-0.39, 0.29) is 11.5 Å². The van der Waals surface area contributed by atoms with Gasteiger partial charge in [-0.2, -0.15) is 0 Å². The van der Waals surface area contributed by atoms with E-state index in [2.05, 4.69) is 0 Å². The fourth-order valence-electron chi connectivity index (χ4n) is 1.55. The molecule has 16 heavy (non-hydrogen) atoms. The second-order valence-corrected chi connectivity index (χ2v) is 3.55. The van der Waals surface area contributed by atoms with Crippen molar-refractivity contribution in [2.24, 2.45) is 0 Å². The van der Waals surface area contributed by atoms with Crippen LogP contribution in [0.3, 0.4) is 0 Å². The van der Waals surface area contributed by atoms with Crippen LogP contribution < -0.4 is 11.5 Å². The predicted octanol–water partition coefficient (Wildman–Crippen LogP) is 1.93. The molecule has 0 heterocycles. The van der Waals surface area contributed by atoms with Crippen LogP contribution in [0.2, 0.25) is 0 Å². The monoisotopic (exact) mass is 216 g/mol. The number of hydrogen-bond acceptors (Lipinski definition) is 4. The number of nitrogens with two attached hydrogens (primary N) is 2. The van der Waals surface area contributed by atoms with E-state index in [0.29, 0.717) is 22.5 Å². The van der Waals surface area contributed by atoms with Gasteiger partial charge in [-0.05, 0) is 36.4 Å². The molecule has 2 rings (SSSR count). The molecule has 0 aliphatic rings. The quantitative estimate of drug-likeness (QED) is 0.433. The number of nitrogen functional groups attached to an aromatic ring is 2. The Morgan fingerprint density at radius 2 is 1.56 bits per heavy atom. The zero-order chi connectivity index (χ0) is 11.7. The highest BCUT2D eigenvalue weighted by molar-refractivity contribution is 5.83. The zero-order valence-electron chi connectivity index (χ0n) is 8.51. The van der Waals surface area contributed by atoms with Gasteiger partial charge in [0.1, 0.15) is 11.5 Å². The first-order chi connectivity index (χ1) is 7.58. The van der Waals surface area contributed by atoms with Gasteiger partial charge in [0, 0.05) is 22.5 Å². The fourth-order valence-corrected chi connectivity index (χ4v) is 1.55. The van der Waals surface area contributed by atoms with Gasteiger partial charge in [-0.3, -0.25) is 0 Å². The topological polar surface area (TPSA) is 92.5 Å². The number of rotatable bonds is 1. The van der Waals surface area contributed by atoms with Crippen molar-refractivity contribution in [1.82, 2.24) is 0 Å². The summed E-state index contributed by atoms with van der Waals surface area (Å²) in [5.41, 5.74) is 13.6. The molecule has 2 aromatic carbocycles. The lowest BCUT2D eigenvalue weighted by molar-refractivity contribution is 0.462. The second kappa shape index (κ2) is 3.66. The van der Waals surface area contributed by atoms with Crippen LogP contribution in [0.5, 0.6) is 11.5 Å². The molecule has 0 bridgehead atoms. The molecule has 6 N–H and O–H groups in total. The van der Waals surface area contributed by atoms with Crippen LogP contribution in [0.1, 0.15) is 0 Å². The minimum Gasteiger partial charge on any atom is -0.508 e. The third-order valence-electron chi connectivity index (χ3n) is 2.35. The molecule has 0 amide bonds. The standard InChI is InChI=1S/C12H12N2O2/c13-7-1-3-11(14)9(5-7)10-6-8(15)2-4-12(10)16/h1-6,15-16H,13-14H2. The van der Waals surface area contributed by atoms with E-state index >= 15 is 0 Å². The number of phenolic OH excluding ortho intramolecular Hbond substituents is 2. The normalized spacial score (nSPS) is 10.2. The Hall–Kier alpha value is -2.36. The van der Waals surface area contributed by atoms with Crippen molar-refractivity contribution in [1.29, 1.82) is 0 Å². The van der Waals surface area contributed by atoms with E-state index in [1.807, 2.05) is 0 Å². The maximum atomic E-state index is 9.70. The van der Waals surface area contributed by atoms with Gasteiger partial charge in [-0.15, -0.1) is 0 Å². The van der Waals surface area contributed by atoms with Gasteiger partial charge in [-0.25, -0.2) is 0 Å². The highest BCUT2D eigenvalue weighted by Gasteiger charge is 2.09. The summed E-state index contributed by atoms with van der Waals surface area (Å²) in [6.07, 6.45) is 0. The molecule has 0 saturated heterocycles. The van der Waals surface area contributed by atoms with Gasteiger partial charge in [0.2, 0.25) is 0 Å². The van der Waals surface area contributed by atoms with E-state index < -0.39 is 0 Å². The maximum Gasteiger partial charge on any atom is 0.123 e. The van der Waals surface area contributed by atoms with Crippen LogP contribution in [0.15, 0.2) is 36.4 Å². The average Bonchev–Trinajstić information content (AvgIpc) is 2.25. The van der Waals surface area contributed by atoms with Crippen molar-refractivity contribution in [3.8, 4) is 22.6 Å². The van der Waals surface area contributed by atoms with E-state index in [1.54, 1.807) is 18.2 Å². The third-order valence-corrected chi connectivity index (χ3v) is 2.35. The SMILES string of the molecule is Nc1ccc(N)c(-c2cc(O)ccc2O)c1. The molecule has 2 aromatic rings. The van der Waals surface area contributed by atoms with Crippen LogP contribution in [0.25, 0.3) is 11.1 Å². The number of hydrogen-bond donors (Lipinski definition) is 4. The Morgan fingerprint density at radius 1 is 0.812 bits per heavy atom. The van der Waals surface area contributed by atoms with Crippen LogP contribution in [-0.2, 0) is 0 Å². The van der Waals surface area contributed by atoms with E-state index in [4.69, 9.17) is 11.5 Å². The Morgan fingerprint density at radius 3 is 2.31 bits per heavy atom. The fraction of sp³-hybridized carbons (Fsp3) is 0. The Labute approximate surface area is 92.8 Å². The van der Waals surface area contributed by atoms with E-state index in [1.165, 1.54) is 18.2 Å². The summed E-state index contributed by atoms with van der Waals surface area (Å²) in [6.45, 7) is 0. The number of benzene rings is 2. The van der Waals surface area contributed by atoms with E-state index in [9.17, 15) is 10.2 Å². The third kappa shape index (κ3) is 1.72. The smallest absolute Gasteiger partial charge is 0.123 e. The summed E-state index contributed by atoms with van der Waals surface area (Å²) >= 11 is 0. The first-order valence-corrected chi connectivity index (χ1v) is 4.75. The molecule has 0 aliphatic carbocycles. The summed E-state index contributed by atoms with van der Waals surface area (Å²) in [5.74, 6) is 0.115. The van der Waals surface area contributed by atoms with Crippen LogP contribution >= 0.6 is 0 Å². The lowest BCUT2D eigenvalue weighted by Gasteiger charge is -2.09. The minimum atomic E-state index is 0.0510. The van der Waals surface area contributed by atoms with Gasteiger partial charge in [0.15, 0.2) is 0 Å². The Kier molecular flexibility index (Phi) is 2.32. The van der Waals surface area contributed by atoms with Crippen molar-refractivity contribution < 1.29 is 10.2 Å². The van der Waals surface area contributed by atoms with Crippen LogP contribution in [0.4, 0.5) is 11.4 Å². The molecule has 0 atom stereocenters. The highest BCUT2D eigenvalue weighted by atomic mass is 16.3. The summed E-state index contributed by atoms with van der Waals surface area (Å²) in [4.78, 5) is 0. The molecule has 0 aliphatic heterocycles. The molecule has 0 unspecified atom stereocenters. The van der Waals surface area contributed by atoms with Crippen molar-refractivity contribution in [3.63, 3.8) is 0 Å².